The molecule has 0 saturated carbocycles. The molecule has 10 heteroatoms. The molecule has 0 aromatic heterocycles. The van der Waals surface area contributed by atoms with Gasteiger partial charge in [-0.25, -0.2) is 18.4 Å². The summed E-state index contributed by atoms with van der Waals surface area (Å²) in [4.78, 5) is 56.6. The van der Waals surface area contributed by atoms with Gasteiger partial charge in [0.2, 0.25) is 0 Å². The standard InChI is InChI=1S/C31H20F2N2O6/c32-17-13-14-24(26(33)15-17)27(30(38)41-35-28(36)22-11-5-6-12-23(22)29(35)37)34-31(39)40-16-25-20-9-3-1-7-18(20)19-8-2-4-10-21(19)25/h1-15,25,27H,16H2,(H,34,39). The maximum Gasteiger partial charge on any atom is 0.408 e. The summed E-state index contributed by atoms with van der Waals surface area (Å²) in [5.74, 6) is -5.54. The van der Waals surface area contributed by atoms with Crippen molar-refractivity contribution in [3.05, 3.63) is 130 Å². The van der Waals surface area contributed by atoms with E-state index in [9.17, 15) is 28.0 Å². The third kappa shape index (κ3) is 4.59. The molecule has 1 unspecified atom stereocenters. The molecule has 4 aromatic rings. The molecule has 1 heterocycles. The van der Waals surface area contributed by atoms with Crippen molar-refractivity contribution in [2.24, 2.45) is 0 Å². The first kappa shape index (κ1) is 25.9. The van der Waals surface area contributed by atoms with Crippen LogP contribution in [0.25, 0.3) is 11.1 Å². The van der Waals surface area contributed by atoms with Crippen LogP contribution in [0, 0.1) is 11.6 Å². The third-order valence-corrected chi connectivity index (χ3v) is 7.05. The van der Waals surface area contributed by atoms with Crippen molar-refractivity contribution in [1.29, 1.82) is 0 Å². The molecular weight excluding hydrogens is 534 g/mol. The van der Waals surface area contributed by atoms with E-state index in [1.165, 1.54) is 24.3 Å². The largest absolute Gasteiger partial charge is 0.449 e. The molecule has 6 rings (SSSR count). The number of hydrogen-bond acceptors (Lipinski definition) is 6. The Balaban J connectivity index is 1.22. The summed E-state index contributed by atoms with van der Waals surface area (Å²) in [5, 5.41) is 2.48. The second-order valence-electron chi connectivity index (χ2n) is 9.43. The van der Waals surface area contributed by atoms with E-state index in [0.29, 0.717) is 6.07 Å². The molecule has 2 aliphatic rings. The fourth-order valence-electron chi connectivity index (χ4n) is 5.15. The van der Waals surface area contributed by atoms with Crippen molar-refractivity contribution in [3.63, 3.8) is 0 Å². The van der Waals surface area contributed by atoms with E-state index in [1.54, 1.807) is 0 Å². The predicted molar refractivity (Wildman–Crippen MR) is 140 cm³/mol. The van der Waals surface area contributed by atoms with Crippen LogP contribution in [-0.2, 0) is 14.4 Å². The minimum absolute atomic E-state index is 0.0132. The maximum atomic E-state index is 14.8. The number of hydroxylamine groups is 2. The summed E-state index contributed by atoms with van der Waals surface area (Å²) in [5.41, 5.74) is 3.49. The van der Waals surface area contributed by atoms with E-state index >= 15 is 0 Å². The Morgan fingerprint density at radius 3 is 1.88 bits per heavy atom. The van der Waals surface area contributed by atoms with Crippen LogP contribution >= 0.6 is 0 Å². The van der Waals surface area contributed by atoms with Gasteiger partial charge in [-0.05, 0) is 40.5 Å². The van der Waals surface area contributed by atoms with Gasteiger partial charge in [-0.3, -0.25) is 9.59 Å². The lowest BCUT2D eigenvalue weighted by Gasteiger charge is -2.21. The lowest BCUT2D eigenvalue weighted by molar-refractivity contribution is -0.171. The van der Waals surface area contributed by atoms with Gasteiger partial charge in [0.15, 0.2) is 6.04 Å². The van der Waals surface area contributed by atoms with Gasteiger partial charge in [0, 0.05) is 17.5 Å². The molecule has 1 N–H and O–H groups in total. The zero-order valence-corrected chi connectivity index (χ0v) is 21.2. The average Bonchev–Trinajstić information content (AvgIpc) is 3.42. The van der Waals surface area contributed by atoms with Crippen molar-refractivity contribution in [3.8, 4) is 11.1 Å². The highest BCUT2D eigenvalue weighted by molar-refractivity contribution is 6.21. The smallest absolute Gasteiger partial charge is 0.408 e. The summed E-state index contributed by atoms with van der Waals surface area (Å²) >= 11 is 0. The molecule has 1 aliphatic heterocycles. The first-order valence-corrected chi connectivity index (χ1v) is 12.6. The van der Waals surface area contributed by atoms with Crippen LogP contribution in [0.3, 0.4) is 0 Å². The Hall–Kier alpha value is -5.38. The van der Waals surface area contributed by atoms with E-state index in [4.69, 9.17) is 9.57 Å². The number of ether oxygens (including phenoxy) is 1. The number of imide groups is 1. The van der Waals surface area contributed by atoms with Gasteiger partial charge in [-0.15, -0.1) is 0 Å². The van der Waals surface area contributed by atoms with Gasteiger partial charge in [-0.1, -0.05) is 71.8 Å². The number of nitrogens with one attached hydrogen (secondary N) is 1. The summed E-state index contributed by atoms with van der Waals surface area (Å²) in [6, 6.07) is 21.7. The normalized spacial score (nSPS) is 14.2. The quantitative estimate of drug-likeness (QED) is 0.325. The van der Waals surface area contributed by atoms with Crippen LogP contribution < -0.4 is 5.32 Å². The molecule has 41 heavy (non-hydrogen) atoms. The highest BCUT2D eigenvalue weighted by Crippen LogP contribution is 2.44. The Bertz CT molecular complexity index is 1660. The first-order valence-electron chi connectivity index (χ1n) is 12.6. The molecule has 1 atom stereocenters. The molecule has 0 bridgehead atoms. The fraction of sp³-hybridized carbons (Fsp3) is 0.0968. The van der Waals surface area contributed by atoms with Crippen LogP contribution in [0.4, 0.5) is 13.6 Å². The number of benzene rings is 4. The molecular formula is C31H20F2N2O6. The highest BCUT2D eigenvalue weighted by atomic mass is 19.1. The Morgan fingerprint density at radius 2 is 1.32 bits per heavy atom. The van der Waals surface area contributed by atoms with Crippen molar-refractivity contribution in [1.82, 2.24) is 10.4 Å². The van der Waals surface area contributed by atoms with Gasteiger partial charge in [0.05, 0.1) is 11.1 Å². The van der Waals surface area contributed by atoms with Crippen molar-refractivity contribution >= 4 is 23.9 Å². The van der Waals surface area contributed by atoms with Crippen LogP contribution in [-0.4, -0.2) is 35.5 Å². The molecule has 204 valence electrons. The summed E-state index contributed by atoms with van der Waals surface area (Å²) in [7, 11) is 0. The number of amides is 3. The second-order valence-corrected chi connectivity index (χ2v) is 9.43. The monoisotopic (exact) mass is 554 g/mol. The molecule has 4 aromatic carbocycles. The minimum Gasteiger partial charge on any atom is -0.449 e. The van der Waals surface area contributed by atoms with Gasteiger partial charge in [0.1, 0.15) is 18.2 Å². The number of carbonyl (C=O) groups is 4. The topological polar surface area (TPSA) is 102 Å². The number of nitrogens with zero attached hydrogens (tertiary/aromatic N) is 1. The number of rotatable bonds is 6. The lowest BCUT2D eigenvalue weighted by atomic mass is 9.98. The van der Waals surface area contributed by atoms with E-state index in [-0.39, 0.29) is 28.7 Å². The fourth-order valence-corrected chi connectivity index (χ4v) is 5.15. The number of halogens is 2. The number of carbonyl (C=O) groups excluding carboxylic acids is 4. The highest BCUT2D eigenvalue weighted by Gasteiger charge is 2.41. The molecule has 0 fully saturated rings. The van der Waals surface area contributed by atoms with Crippen molar-refractivity contribution < 1.29 is 37.5 Å². The van der Waals surface area contributed by atoms with Crippen LogP contribution in [0.2, 0.25) is 0 Å². The average molecular weight is 555 g/mol. The molecule has 3 amide bonds. The van der Waals surface area contributed by atoms with Gasteiger partial charge in [0.25, 0.3) is 11.8 Å². The minimum atomic E-state index is -1.88. The SMILES string of the molecule is O=C(NC(C(=O)ON1C(=O)c2ccccc2C1=O)c1ccc(F)cc1F)OCC1c2ccccc2-c2ccccc21. The molecule has 0 spiro atoms. The third-order valence-electron chi connectivity index (χ3n) is 7.05. The van der Waals surface area contributed by atoms with E-state index in [1.807, 2.05) is 48.5 Å². The Morgan fingerprint density at radius 1 is 0.780 bits per heavy atom. The molecule has 0 saturated heterocycles. The molecule has 1 aliphatic carbocycles. The number of hydrogen-bond donors (Lipinski definition) is 1. The predicted octanol–water partition coefficient (Wildman–Crippen LogP) is 5.30. The van der Waals surface area contributed by atoms with Gasteiger partial charge >= 0.3 is 12.1 Å². The summed E-state index contributed by atoms with van der Waals surface area (Å²) in [6.45, 7) is -0.105. The van der Waals surface area contributed by atoms with Crippen molar-refractivity contribution in [2.75, 3.05) is 6.61 Å². The van der Waals surface area contributed by atoms with Crippen LogP contribution in [0.1, 0.15) is 49.4 Å². The maximum absolute atomic E-state index is 14.8. The van der Waals surface area contributed by atoms with Gasteiger partial charge < -0.3 is 14.9 Å². The summed E-state index contributed by atoms with van der Waals surface area (Å²) < 4.78 is 33.9. The zero-order valence-electron chi connectivity index (χ0n) is 21.2. The van der Waals surface area contributed by atoms with E-state index in [0.717, 1.165) is 34.4 Å². The Kier molecular flexibility index (Phi) is 6.50. The first-order chi connectivity index (χ1) is 19.8. The van der Waals surface area contributed by atoms with Gasteiger partial charge in [-0.2, -0.15) is 0 Å². The Labute approximate surface area is 232 Å². The number of fused-ring (bicyclic) bond motifs is 4. The van der Waals surface area contributed by atoms with Crippen molar-refractivity contribution in [2.45, 2.75) is 12.0 Å². The van der Waals surface area contributed by atoms with Crippen LogP contribution in [0.15, 0.2) is 91.0 Å². The number of alkyl carbamates (subject to hydrolysis) is 1. The molecule has 8 nitrogen and oxygen atoms in total. The summed E-state index contributed by atoms with van der Waals surface area (Å²) in [6.07, 6.45) is -1.10. The zero-order chi connectivity index (χ0) is 28.7. The lowest BCUT2D eigenvalue weighted by Crippen LogP contribution is -2.41. The molecule has 0 radical (unpaired) electrons. The van der Waals surface area contributed by atoms with E-state index < -0.39 is 47.1 Å². The second kappa shape index (κ2) is 10.3. The van der Waals surface area contributed by atoms with Crippen LogP contribution in [0.5, 0.6) is 0 Å². The van der Waals surface area contributed by atoms with E-state index in [2.05, 4.69) is 5.32 Å².